The fourth-order valence-corrected chi connectivity index (χ4v) is 1.63. The molecule has 0 spiro atoms. The number of halogens is 1. The third-order valence-corrected chi connectivity index (χ3v) is 2.46. The third kappa shape index (κ3) is 6.38. The van der Waals surface area contributed by atoms with Gasteiger partial charge in [0.1, 0.15) is 17.7 Å². The molecule has 1 aromatic rings. The minimum absolute atomic E-state index is 0.0863. The molecule has 3 N–H and O–H groups in total. The number of ether oxygens (including phenoxy) is 2. The topological polar surface area (TPSA) is 68.9 Å². The maximum Gasteiger partial charge on any atom is 0.189 e. The number of nitrogens with two attached hydrogens (primary N) is 1. The Kier molecular flexibility index (Phi) is 6.79. The van der Waals surface area contributed by atoms with Crippen molar-refractivity contribution in [3.8, 4) is 5.75 Å². The molecule has 0 bridgehead atoms. The third-order valence-electron chi connectivity index (χ3n) is 2.46. The SMILES string of the molecule is COCC(C)NC(N)=NCC(C)Oc1cccc(F)c1. The standard InChI is InChI=1S/C14H22FN3O2/c1-10(9-19-3)18-14(16)17-8-11(2)20-13-6-4-5-12(15)7-13/h4-7,10-11H,8-9H2,1-3H3,(H3,16,17,18). The summed E-state index contributed by atoms with van der Waals surface area (Å²) in [5.74, 6) is 0.490. The second-order valence-corrected chi connectivity index (χ2v) is 4.61. The summed E-state index contributed by atoms with van der Waals surface area (Å²) in [5.41, 5.74) is 5.74. The van der Waals surface area contributed by atoms with Gasteiger partial charge in [0.05, 0.1) is 13.2 Å². The van der Waals surface area contributed by atoms with Gasteiger partial charge in [-0.2, -0.15) is 0 Å². The molecule has 1 rings (SSSR count). The molecule has 0 saturated heterocycles. The summed E-state index contributed by atoms with van der Waals surface area (Å²) in [6, 6.07) is 6.09. The number of hydrogen-bond acceptors (Lipinski definition) is 3. The summed E-state index contributed by atoms with van der Waals surface area (Å²) in [5, 5.41) is 3.00. The lowest BCUT2D eigenvalue weighted by Crippen LogP contribution is -2.41. The van der Waals surface area contributed by atoms with Crippen LogP contribution in [0.1, 0.15) is 13.8 Å². The van der Waals surface area contributed by atoms with Crippen LogP contribution in [0.25, 0.3) is 0 Å². The lowest BCUT2D eigenvalue weighted by atomic mass is 10.3. The Morgan fingerprint density at radius 3 is 2.85 bits per heavy atom. The number of rotatable bonds is 7. The van der Waals surface area contributed by atoms with E-state index in [2.05, 4.69) is 10.3 Å². The Morgan fingerprint density at radius 1 is 1.45 bits per heavy atom. The van der Waals surface area contributed by atoms with Gasteiger partial charge in [-0.25, -0.2) is 9.38 Å². The molecule has 20 heavy (non-hydrogen) atoms. The van der Waals surface area contributed by atoms with Crippen LogP contribution < -0.4 is 15.8 Å². The van der Waals surface area contributed by atoms with Crippen LogP contribution in [0.15, 0.2) is 29.3 Å². The van der Waals surface area contributed by atoms with Gasteiger partial charge < -0.3 is 20.5 Å². The zero-order valence-electron chi connectivity index (χ0n) is 12.1. The molecule has 0 radical (unpaired) electrons. The van der Waals surface area contributed by atoms with Gasteiger partial charge in [0.15, 0.2) is 5.96 Å². The summed E-state index contributed by atoms with van der Waals surface area (Å²) in [7, 11) is 1.63. The molecular formula is C14H22FN3O2. The lowest BCUT2D eigenvalue weighted by molar-refractivity contribution is 0.179. The summed E-state index contributed by atoms with van der Waals surface area (Å²) >= 11 is 0. The van der Waals surface area contributed by atoms with Crippen LogP contribution in [-0.2, 0) is 4.74 Å². The summed E-state index contributed by atoms with van der Waals surface area (Å²) in [4.78, 5) is 4.17. The van der Waals surface area contributed by atoms with E-state index in [0.717, 1.165) is 0 Å². The molecule has 0 fully saturated rings. The fourth-order valence-electron chi connectivity index (χ4n) is 1.63. The highest BCUT2D eigenvalue weighted by Crippen LogP contribution is 2.13. The van der Waals surface area contributed by atoms with Gasteiger partial charge in [-0.05, 0) is 26.0 Å². The maximum atomic E-state index is 13.0. The van der Waals surface area contributed by atoms with E-state index in [-0.39, 0.29) is 18.0 Å². The van der Waals surface area contributed by atoms with Crippen molar-refractivity contribution in [2.45, 2.75) is 26.0 Å². The molecule has 5 nitrogen and oxygen atoms in total. The van der Waals surface area contributed by atoms with Crippen molar-refractivity contribution < 1.29 is 13.9 Å². The van der Waals surface area contributed by atoms with E-state index in [9.17, 15) is 4.39 Å². The van der Waals surface area contributed by atoms with Gasteiger partial charge in [0, 0.05) is 19.2 Å². The normalized spacial score (nSPS) is 14.7. The number of aliphatic imine (C=N–C) groups is 1. The van der Waals surface area contributed by atoms with Crippen molar-refractivity contribution in [2.75, 3.05) is 20.3 Å². The van der Waals surface area contributed by atoms with Gasteiger partial charge in [-0.3, -0.25) is 0 Å². The summed E-state index contributed by atoms with van der Waals surface area (Å²) < 4.78 is 23.5. The molecule has 2 atom stereocenters. The molecule has 1 aromatic carbocycles. The number of nitrogens with one attached hydrogen (secondary N) is 1. The maximum absolute atomic E-state index is 13.0. The van der Waals surface area contributed by atoms with E-state index in [0.29, 0.717) is 24.9 Å². The quantitative estimate of drug-likeness (QED) is 0.588. The smallest absolute Gasteiger partial charge is 0.189 e. The highest BCUT2D eigenvalue weighted by atomic mass is 19.1. The van der Waals surface area contributed by atoms with Crippen molar-refractivity contribution >= 4 is 5.96 Å². The average molecular weight is 283 g/mol. The molecule has 0 saturated carbocycles. The number of hydrogen-bond donors (Lipinski definition) is 2. The predicted octanol–water partition coefficient (Wildman–Crippen LogP) is 1.53. The van der Waals surface area contributed by atoms with Crippen molar-refractivity contribution in [1.82, 2.24) is 5.32 Å². The molecule has 0 heterocycles. The largest absolute Gasteiger partial charge is 0.489 e. The minimum atomic E-state index is -0.326. The summed E-state index contributed by atoms with van der Waals surface area (Å²) in [6.07, 6.45) is -0.199. The van der Waals surface area contributed by atoms with Crippen molar-refractivity contribution in [3.63, 3.8) is 0 Å². The molecule has 2 unspecified atom stereocenters. The Balaban J connectivity index is 2.40. The molecule has 0 aliphatic carbocycles. The number of methoxy groups -OCH3 is 1. The predicted molar refractivity (Wildman–Crippen MR) is 77.5 cm³/mol. The van der Waals surface area contributed by atoms with E-state index in [4.69, 9.17) is 15.2 Å². The van der Waals surface area contributed by atoms with Gasteiger partial charge in [0.2, 0.25) is 0 Å². The van der Waals surface area contributed by atoms with Crippen LogP contribution >= 0.6 is 0 Å². The van der Waals surface area contributed by atoms with E-state index in [1.54, 1.807) is 19.2 Å². The van der Waals surface area contributed by atoms with Crippen molar-refractivity contribution in [2.24, 2.45) is 10.7 Å². The lowest BCUT2D eigenvalue weighted by Gasteiger charge is -2.15. The van der Waals surface area contributed by atoms with Crippen LogP contribution in [0, 0.1) is 5.82 Å². The second kappa shape index (κ2) is 8.37. The van der Waals surface area contributed by atoms with Crippen LogP contribution in [0.4, 0.5) is 4.39 Å². The highest BCUT2D eigenvalue weighted by molar-refractivity contribution is 5.78. The zero-order valence-corrected chi connectivity index (χ0v) is 12.1. The van der Waals surface area contributed by atoms with E-state index >= 15 is 0 Å². The van der Waals surface area contributed by atoms with Gasteiger partial charge >= 0.3 is 0 Å². The fraction of sp³-hybridized carbons (Fsp3) is 0.500. The first-order valence-corrected chi connectivity index (χ1v) is 6.49. The first-order valence-electron chi connectivity index (χ1n) is 6.49. The van der Waals surface area contributed by atoms with Crippen LogP contribution in [0.3, 0.4) is 0 Å². The Bertz CT molecular complexity index is 440. The molecule has 0 aliphatic rings. The van der Waals surface area contributed by atoms with Gasteiger partial charge in [0.25, 0.3) is 0 Å². The van der Waals surface area contributed by atoms with E-state index in [1.165, 1.54) is 12.1 Å². The first kappa shape index (κ1) is 16.2. The van der Waals surface area contributed by atoms with Crippen molar-refractivity contribution in [1.29, 1.82) is 0 Å². The molecule has 6 heteroatoms. The average Bonchev–Trinajstić information content (AvgIpc) is 2.36. The Morgan fingerprint density at radius 2 is 2.20 bits per heavy atom. The monoisotopic (exact) mass is 283 g/mol. The van der Waals surface area contributed by atoms with Crippen molar-refractivity contribution in [3.05, 3.63) is 30.1 Å². The molecule has 112 valence electrons. The minimum Gasteiger partial charge on any atom is -0.489 e. The second-order valence-electron chi connectivity index (χ2n) is 4.61. The number of guanidine groups is 1. The number of benzene rings is 1. The first-order chi connectivity index (χ1) is 9.51. The zero-order chi connectivity index (χ0) is 15.0. The van der Waals surface area contributed by atoms with Gasteiger partial charge in [-0.15, -0.1) is 0 Å². The van der Waals surface area contributed by atoms with Crippen LogP contribution in [0.2, 0.25) is 0 Å². The van der Waals surface area contributed by atoms with Gasteiger partial charge in [-0.1, -0.05) is 6.07 Å². The molecular weight excluding hydrogens is 261 g/mol. The van der Waals surface area contributed by atoms with Crippen LogP contribution in [0.5, 0.6) is 5.75 Å². The molecule has 0 amide bonds. The van der Waals surface area contributed by atoms with E-state index < -0.39 is 0 Å². The highest BCUT2D eigenvalue weighted by Gasteiger charge is 2.06. The number of nitrogens with zero attached hydrogens (tertiary/aromatic N) is 1. The Labute approximate surface area is 119 Å². The summed E-state index contributed by atoms with van der Waals surface area (Å²) in [6.45, 7) is 4.72. The van der Waals surface area contributed by atoms with Crippen LogP contribution in [-0.4, -0.2) is 38.4 Å². The van der Waals surface area contributed by atoms with E-state index in [1.807, 2.05) is 13.8 Å². The molecule has 0 aromatic heterocycles. The molecule has 0 aliphatic heterocycles. The Hall–Kier alpha value is -1.82.